The van der Waals surface area contributed by atoms with Gasteiger partial charge >= 0.3 is 0 Å². The zero-order valence-corrected chi connectivity index (χ0v) is 20.1. The van der Waals surface area contributed by atoms with Gasteiger partial charge in [0, 0.05) is 25.1 Å². The molecule has 3 aromatic rings. The van der Waals surface area contributed by atoms with Crippen LogP contribution >= 0.6 is 0 Å². The van der Waals surface area contributed by atoms with Crippen molar-refractivity contribution in [2.24, 2.45) is 0 Å². The second kappa shape index (κ2) is 13.1. The first-order valence-electron chi connectivity index (χ1n) is 11.6. The number of benzene rings is 3. The zero-order chi connectivity index (χ0) is 25.0. The summed E-state index contributed by atoms with van der Waals surface area (Å²) in [5, 5.41) is 2.89. The molecule has 0 bridgehead atoms. The van der Waals surface area contributed by atoms with Crippen LogP contribution in [0.25, 0.3) is 0 Å². The molecule has 2 amide bonds. The van der Waals surface area contributed by atoms with E-state index in [1.54, 1.807) is 49.6 Å². The normalized spacial score (nSPS) is 11.4. The topological polar surface area (TPSA) is 67.9 Å². The quantitative estimate of drug-likeness (QED) is 0.420. The van der Waals surface area contributed by atoms with Crippen molar-refractivity contribution >= 4 is 11.8 Å². The van der Waals surface area contributed by atoms with Gasteiger partial charge in [0.1, 0.15) is 23.4 Å². The number of rotatable bonds is 12. The lowest BCUT2D eigenvalue weighted by Crippen LogP contribution is -2.51. The van der Waals surface area contributed by atoms with Gasteiger partial charge in [-0.1, -0.05) is 55.5 Å². The molecule has 0 aliphatic rings. The van der Waals surface area contributed by atoms with Crippen molar-refractivity contribution in [3.8, 4) is 11.5 Å². The molecule has 6 nitrogen and oxygen atoms in total. The summed E-state index contributed by atoms with van der Waals surface area (Å²) < 4.78 is 25.4. The minimum atomic E-state index is -0.837. The van der Waals surface area contributed by atoms with Gasteiger partial charge in [0.05, 0.1) is 7.11 Å². The van der Waals surface area contributed by atoms with Crippen LogP contribution in [0.2, 0.25) is 0 Å². The molecule has 35 heavy (non-hydrogen) atoms. The summed E-state index contributed by atoms with van der Waals surface area (Å²) in [4.78, 5) is 28.1. The molecule has 184 valence electrons. The predicted molar refractivity (Wildman–Crippen MR) is 133 cm³/mol. The Balaban J connectivity index is 1.88. The van der Waals surface area contributed by atoms with Crippen LogP contribution in [0.4, 0.5) is 4.39 Å². The number of nitrogens with zero attached hydrogens (tertiary/aromatic N) is 1. The highest BCUT2D eigenvalue weighted by Crippen LogP contribution is 2.19. The fourth-order valence-electron chi connectivity index (χ4n) is 3.63. The lowest BCUT2D eigenvalue weighted by atomic mass is 10.0. The first-order chi connectivity index (χ1) is 17.0. The number of methoxy groups -OCH3 is 1. The lowest BCUT2D eigenvalue weighted by Gasteiger charge is -2.31. The third-order valence-corrected chi connectivity index (χ3v) is 5.54. The van der Waals surface area contributed by atoms with E-state index in [1.807, 2.05) is 37.3 Å². The molecule has 1 N–H and O–H groups in total. The molecule has 0 unspecified atom stereocenters. The Hall–Kier alpha value is -3.87. The van der Waals surface area contributed by atoms with Crippen LogP contribution in [0.5, 0.6) is 11.5 Å². The van der Waals surface area contributed by atoms with Crippen molar-refractivity contribution in [2.45, 2.75) is 32.4 Å². The summed E-state index contributed by atoms with van der Waals surface area (Å²) in [6.07, 6.45) is 1.05. The lowest BCUT2D eigenvalue weighted by molar-refractivity contribution is -0.142. The molecule has 0 spiro atoms. The van der Waals surface area contributed by atoms with Gasteiger partial charge in [-0.05, 0) is 42.3 Å². The molecule has 7 heteroatoms. The molecule has 3 aromatic carbocycles. The average Bonchev–Trinajstić information content (AvgIpc) is 2.89. The molecule has 0 aromatic heterocycles. The molecule has 0 saturated carbocycles. The maximum absolute atomic E-state index is 14.5. The summed E-state index contributed by atoms with van der Waals surface area (Å²) in [7, 11) is 1.57. The van der Waals surface area contributed by atoms with E-state index >= 15 is 0 Å². The predicted octanol–water partition coefficient (Wildman–Crippen LogP) is 4.38. The average molecular weight is 479 g/mol. The van der Waals surface area contributed by atoms with Crippen molar-refractivity contribution in [3.63, 3.8) is 0 Å². The molecule has 0 aliphatic carbocycles. The Kier molecular flexibility index (Phi) is 9.66. The number of hydrogen-bond donors (Lipinski definition) is 1. The second-order valence-electron chi connectivity index (χ2n) is 8.07. The van der Waals surface area contributed by atoms with Crippen LogP contribution in [-0.4, -0.2) is 43.0 Å². The van der Waals surface area contributed by atoms with Gasteiger partial charge in [-0.25, -0.2) is 4.39 Å². The Labute approximate surface area is 205 Å². The molecule has 3 rings (SSSR count). The Bertz CT molecular complexity index is 1090. The summed E-state index contributed by atoms with van der Waals surface area (Å²) in [5.41, 5.74) is 1.22. The van der Waals surface area contributed by atoms with Gasteiger partial charge in [0.25, 0.3) is 5.91 Å². The molecule has 0 fully saturated rings. The molecule has 0 radical (unpaired) electrons. The number of carbonyl (C=O) groups is 2. The van der Waals surface area contributed by atoms with Crippen LogP contribution in [0, 0.1) is 5.82 Å². The van der Waals surface area contributed by atoms with Crippen molar-refractivity contribution < 1.29 is 23.5 Å². The summed E-state index contributed by atoms with van der Waals surface area (Å²) in [5.74, 6) is 0.00991. The number of amides is 2. The summed E-state index contributed by atoms with van der Waals surface area (Å²) in [6.45, 7) is 2.08. The van der Waals surface area contributed by atoms with E-state index in [0.29, 0.717) is 30.0 Å². The summed E-state index contributed by atoms with van der Waals surface area (Å²) in [6, 6.07) is 21.7. The SMILES string of the molecule is CCCNC(=O)[C@@H](Cc1ccccc1)N(Cc1ccccc1F)C(=O)COc1ccc(OC)cc1. The van der Waals surface area contributed by atoms with Crippen molar-refractivity contribution in [1.29, 1.82) is 0 Å². The molecular formula is C28H31FN2O4. The van der Waals surface area contributed by atoms with Gasteiger partial charge in [-0.15, -0.1) is 0 Å². The Morgan fingerprint density at radius 1 is 0.943 bits per heavy atom. The number of carbonyl (C=O) groups excluding carboxylic acids is 2. The number of halogens is 1. The molecule has 0 heterocycles. The molecule has 0 saturated heterocycles. The highest BCUT2D eigenvalue weighted by molar-refractivity contribution is 5.88. The van der Waals surface area contributed by atoms with Gasteiger partial charge in [-0.3, -0.25) is 9.59 Å². The third kappa shape index (κ3) is 7.57. The van der Waals surface area contributed by atoms with E-state index < -0.39 is 17.8 Å². The molecule has 1 atom stereocenters. The van der Waals surface area contributed by atoms with Gasteiger partial charge in [0.15, 0.2) is 6.61 Å². The maximum atomic E-state index is 14.5. The Morgan fingerprint density at radius 2 is 1.60 bits per heavy atom. The van der Waals surface area contributed by atoms with Gasteiger partial charge in [0.2, 0.25) is 5.91 Å². The number of nitrogens with one attached hydrogen (secondary N) is 1. The number of ether oxygens (including phenoxy) is 2. The Morgan fingerprint density at radius 3 is 2.26 bits per heavy atom. The molecular weight excluding hydrogens is 447 g/mol. The number of hydrogen-bond acceptors (Lipinski definition) is 4. The standard InChI is InChI=1S/C28H31FN2O4/c1-3-17-30-28(33)26(18-21-9-5-4-6-10-21)31(19-22-11-7-8-12-25(22)29)27(32)20-35-24-15-13-23(34-2)14-16-24/h4-16,26H,3,17-20H2,1-2H3,(H,30,33)/t26-/m1/s1. The second-order valence-corrected chi connectivity index (χ2v) is 8.07. The van der Waals surface area contributed by atoms with Gasteiger partial charge < -0.3 is 19.7 Å². The highest BCUT2D eigenvalue weighted by atomic mass is 19.1. The van der Waals surface area contributed by atoms with Crippen LogP contribution in [0.15, 0.2) is 78.9 Å². The first-order valence-corrected chi connectivity index (χ1v) is 11.6. The van der Waals surface area contributed by atoms with E-state index in [9.17, 15) is 14.0 Å². The van der Waals surface area contributed by atoms with Crippen LogP contribution in [-0.2, 0) is 22.6 Å². The van der Waals surface area contributed by atoms with E-state index in [1.165, 1.54) is 11.0 Å². The van der Waals surface area contributed by atoms with E-state index in [4.69, 9.17) is 9.47 Å². The highest BCUT2D eigenvalue weighted by Gasteiger charge is 2.31. The molecule has 0 aliphatic heterocycles. The summed E-state index contributed by atoms with van der Waals surface area (Å²) >= 11 is 0. The third-order valence-electron chi connectivity index (χ3n) is 5.54. The fraction of sp³-hybridized carbons (Fsp3) is 0.286. The maximum Gasteiger partial charge on any atom is 0.261 e. The smallest absolute Gasteiger partial charge is 0.261 e. The van der Waals surface area contributed by atoms with Crippen molar-refractivity contribution in [2.75, 3.05) is 20.3 Å². The van der Waals surface area contributed by atoms with Crippen molar-refractivity contribution in [1.82, 2.24) is 10.2 Å². The van der Waals surface area contributed by atoms with Crippen LogP contribution < -0.4 is 14.8 Å². The van der Waals surface area contributed by atoms with Gasteiger partial charge in [-0.2, -0.15) is 0 Å². The zero-order valence-electron chi connectivity index (χ0n) is 20.1. The van der Waals surface area contributed by atoms with E-state index in [0.717, 1.165) is 12.0 Å². The van der Waals surface area contributed by atoms with E-state index in [2.05, 4.69) is 5.32 Å². The monoisotopic (exact) mass is 478 g/mol. The van der Waals surface area contributed by atoms with E-state index in [-0.39, 0.29) is 19.1 Å². The van der Waals surface area contributed by atoms with Crippen LogP contribution in [0.3, 0.4) is 0 Å². The largest absolute Gasteiger partial charge is 0.497 e. The van der Waals surface area contributed by atoms with Crippen LogP contribution in [0.1, 0.15) is 24.5 Å². The first kappa shape index (κ1) is 25.7. The van der Waals surface area contributed by atoms with Crippen molar-refractivity contribution in [3.05, 3.63) is 95.8 Å². The minimum Gasteiger partial charge on any atom is -0.497 e. The minimum absolute atomic E-state index is 0.0610. The fourth-order valence-corrected chi connectivity index (χ4v) is 3.63.